The van der Waals surface area contributed by atoms with Gasteiger partial charge in [0.2, 0.25) is 0 Å². The first kappa shape index (κ1) is 17.5. The Kier molecular flexibility index (Phi) is 4.84. The van der Waals surface area contributed by atoms with Gasteiger partial charge in [0.25, 0.3) is 0 Å². The Balaban J connectivity index is 1.87. The minimum atomic E-state index is -4.33. The van der Waals surface area contributed by atoms with Gasteiger partial charge in [0, 0.05) is 23.5 Å². The molecule has 0 saturated heterocycles. The van der Waals surface area contributed by atoms with Crippen molar-refractivity contribution >= 4 is 50.9 Å². The maximum absolute atomic E-state index is 12.8. The summed E-state index contributed by atoms with van der Waals surface area (Å²) < 4.78 is 39.9. The lowest BCUT2D eigenvalue weighted by atomic mass is 10.2. The van der Waals surface area contributed by atoms with E-state index in [1.165, 1.54) is 17.0 Å². The second-order valence-corrected chi connectivity index (χ2v) is 6.33. The highest BCUT2D eigenvalue weighted by molar-refractivity contribution is 14.1. The molecule has 0 unspecified atom stereocenters. The number of benzene rings is 1. The minimum Gasteiger partial charge on any atom is -0.327 e. The van der Waals surface area contributed by atoms with Gasteiger partial charge in [0.05, 0.1) is 14.9 Å². The number of anilines is 2. The second kappa shape index (κ2) is 6.90. The predicted octanol–water partition coefficient (Wildman–Crippen LogP) is 4.85. The van der Waals surface area contributed by atoms with Crippen LogP contribution in [0.5, 0.6) is 0 Å². The van der Waals surface area contributed by atoms with E-state index in [4.69, 9.17) is 0 Å². The van der Waals surface area contributed by atoms with Crippen LogP contribution in [0.3, 0.4) is 0 Å². The number of urea groups is 1. The third kappa shape index (κ3) is 4.21. The predicted molar refractivity (Wildman–Crippen MR) is 97.6 cm³/mol. The molecule has 0 aliphatic heterocycles. The number of aromatic nitrogens is 2. The van der Waals surface area contributed by atoms with E-state index in [0.717, 1.165) is 0 Å². The molecule has 9 heteroatoms. The Bertz CT molecular complexity index is 909. The number of nitrogens with one attached hydrogen (secondary N) is 2. The molecule has 2 heterocycles. The number of fused-ring (bicyclic) bond motifs is 1. The molecular formula is C16H12F3IN4O. The SMILES string of the molecule is O=C(Nc1ccncc1)Nc1cccc2c1cc(I)n2CC(F)(F)F. The van der Waals surface area contributed by atoms with Crippen LogP contribution in [0.1, 0.15) is 0 Å². The van der Waals surface area contributed by atoms with Gasteiger partial charge in [-0.25, -0.2) is 4.79 Å². The van der Waals surface area contributed by atoms with Crippen molar-refractivity contribution in [1.82, 2.24) is 9.55 Å². The first-order valence-electron chi connectivity index (χ1n) is 7.16. The molecule has 2 amide bonds. The van der Waals surface area contributed by atoms with Gasteiger partial charge < -0.3 is 15.2 Å². The van der Waals surface area contributed by atoms with E-state index in [1.54, 1.807) is 36.4 Å². The highest BCUT2D eigenvalue weighted by Gasteiger charge is 2.29. The zero-order valence-electron chi connectivity index (χ0n) is 12.6. The van der Waals surface area contributed by atoms with Crippen molar-refractivity contribution in [2.24, 2.45) is 0 Å². The number of rotatable bonds is 3. The van der Waals surface area contributed by atoms with E-state index in [9.17, 15) is 18.0 Å². The van der Waals surface area contributed by atoms with Gasteiger partial charge in [-0.3, -0.25) is 4.98 Å². The van der Waals surface area contributed by atoms with Crippen molar-refractivity contribution < 1.29 is 18.0 Å². The fraction of sp³-hybridized carbons (Fsp3) is 0.125. The summed E-state index contributed by atoms with van der Waals surface area (Å²) in [5.74, 6) is 0. The summed E-state index contributed by atoms with van der Waals surface area (Å²) in [6.07, 6.45) is -1.25. The Morgan fingerprint density at radius 3 is 2.56 bits per heavy atom. The second-order valence-electron chi connectivity index (χ2n) is 5.22. The lowest BCUT2D eigenvalue weighted by Gasteiger charge is -2.12. The van der Waals surface area contributed by atoms with E-state index >= 15 is 0 Å². The molecule has 2 N–H and O–H groups in total. The van der Waals surface area contributed by atoms with Crippen LogP contribution in [-0.2, 0) is 6.54 Å². The average molecular weight is 460 g/mol. The molecule has 2 aromatic heterocycles. The molecule has 0 spiro atoms. The Morgan fingerprint density at radius 1 is 1.16 bits per heavy atom. The fourth-order valence-corrected chi connectivity index (χ4v) is 3.16. The quantitative estimate of drug-likeness (QED) is 0.550. The highest BCUT2D eigenvalue weighted by Crippen LogP contribution is 2.30. The van der Waals surface area contributed by atoms with Crippen LogP contribution >= 0.6 is 22.6 Å². The topological polar surface area (TPSA) is 59.0 Å². The van der Waals surface area contributed by atoms with Crippen LogP contribution in [0.4, 0.5) is 29.3 Å². The molecule has 0 saturated carbocycles. The van der Waals surface area contributed by atoms with E-state index in [2.05, 4.69) is 15.6 Å². The third-order valence-corrected chi connectivity index (χ3v) is 4.31. The van der Waals surface area contributed by atoms with Gasteiger partial charge in [-0.2, -0.15) is 13.2 Å². The number of halogens is 4. The smallest absolute Gasteiger partial charge is 0.327 e. The molecule has 3 rings (SSSR count). The van der Waals surface area contributed by atoms with Crippen molar-refractivity contribution in [2.45, 2.75) is 12.7 Å². The first-order valence-corrected chi connectivity index (χ1v) is 8.24. The number of hydrogen-bond acceptors (Lipinski definition) is 2. The number of alkyl halides is 3. The summed E-state index contributed by atoms with van der Waals surface area (Å²) in [5, 5.41) is 5.85. The monoisotopic (exact) mass is 460 g/mol. The van der Waals surface area contributed by atoms with Gasteiger partial charge in [0.1, 0.15) is 6.54 Å². The number of hydrogen-bond donors (Lipinski definition) is 2. The van der Waals surface area contributed by atoms with Crippen molar-refractivity contribution in [3.63, 3.8) is 0 Å². The fourth-order valence-electron chi connectivity index (χ4n) is 2.42. The minimum absolute atomic E-state index is 0.406. The van der Waals surface area contributed by atoms with Crippen LogP contribution in [0, 0.1) is 3.70 Å². The number of pyridine rings is 1. The average Bonchev–Trinajstić information content (AvgIpc) is 2.84. The van der Waals surface area contributed by atoms with Gasteiger partial charge >= 0.3 is 12.2 Å². The van der Waals surface area contributed by atoms with Gasteiger partial charge in [-0.1, -0.05) is 6.07 Å². The number of carbonyl (C=O) groups excluding carboxylic acids is 1. The summed E-state index contributed by atoms with van der Waals surface area (Å²) in [7, 11) is 0. The Labute approximate surface area is 154 Å². The standard InChI is InChI=1S/C16H12F3IN4O/c17-16(18,19)9-24-13-3-1-2-12(11(13)8-14(24)20)23-15(25)22-10-4-6-21-7-5-10/h1-8H,9H2,(H2,21,22,23,25). The van der Waals surface area contributed by atoms with Crippen LogP contribution in [0.15, 0.2) is 48.8 Å². The summed E-state index contributed by atoms with van der Waals surface area (Å²) >= 11 is 1.85. The maximum Gasteiger partial charge on any atom is 0.406 e. The van der Waals surface area contributed by atoms with E-state index in [0.29, 0.717) is 26.0 Å². The Hall–Kier alpha value is -2.30. The molecule has 0 fully saturated rings. The van der Waals surface area contributed by atoms with Crippen LogP contribution < -0.4 is 10.6 Å². The first-order chi connectivity index (χ1) is 11.8. The lowest BCUT2D eigenvalue weighted by molar-refractivity contribution is -0.140. The number of nitrogens with zero attached hydrogens (tertiary/aromatic N) is 2. The van der Waals surface area contributed by atoms with E-state index in [1.807, 2.05) is 22.6 Å². The highest BCUT2D eigenvalue weighted by atomic mass is 127. The van der Waals surface area contributed by atoms with Crippen LogP contribution in [-0.4, -0.2) is 21.8 Å². The van der Waals surface area contributed by atoms with Crippen molar-refractivity contribution in [3.05, 3.63) is 52.5 Å². The maximum atomic E-state index is 12.8. The number of amides is 2. The summed E-state index contributed by atoms with van der Waals surface area (Å²) in [6, 6.07) is 9.22. The van der Waals surface area contributed by atoms with Gasteiger partial charge in [0.15, 0.2) is 0 Å². The molecule has 0 radical (unpaired) electrons. The third-order valence-electron chi connectivity index (χ3n) is 3.42. The van der Waals surface area contributed by atoms with Crippen LogP contribution in [0.2, 0.25) is 0 Å². The largest absolute Gasteiger partial charge is 0.406 e. The molecule has 0 aliphatic rings. The van der Waals surface area contributed by atoms with Crippen molar-refractivity contribution in [3.8, 4) is 0 Å². The zero-order chi connectivity index (χ0) is 18.0. The molecule has 0 atom stereocenters. The Morgan fingerprint density at radius 2 is 1.88 bits per heavy atom. The molecule has 0 aliphatic carbocycles. The molecule has 1 aromatic carbocycles. The van der Waals surface area contributed by atoms with Gasteiger partial charge in [-0.05, 0) is 52.9 Å². The van der Waals surface area contributed by atoms with Gasteiger partial charge in [-0.15, -0.1) is 0 Å². The van der Waals surface area contributed by atoms with E-state index in [-0.39, 0.29) is 0 Å². The molecule has 130 valence electrons. The zero-order valence-corrected chi connectivity index (χ0v) is 14.8. The summed E-state index contributed by atoms with van der Waals surface area (Å²) in [5.41, 5.74) is 1.40. The summed E-state index contributed by atoms with van der Waals surface area (Å²) in [4.78, 5) is 16.0. The van der Waals surface area contributed by atoms with E-state index < -0.39 is 18.8 Å². The van der Waals surface area contributed by atoms with Crippen molar-refractivity contribution in [1.29, 1.82) is 0 Å². The molecule has 25 heavy (non-hydrogen) atoms. The summed E-state index contributed by atoms with van der Waals surface area (Å²) in [6.45, 7) is -1.08. The lowest BCUT2D eigenvalue weighted by Crippen LogP contribution is -2.20. The molecule has 5 nitrogen and oxygen atoms in total. The van der Waals surface area contributed by atoms with Crippen LogP contribution in [0.25, 0.3) is 10.9 Å². The normalized spacial score (nSPS) is 11.5. The molecular weight excluding hydrogens is 448 g/mol. The number of carbonyl (C=O) groups is 1. The van der Waals surface area contributed by atoms with Crippen molar-refractivity contribution in [2.75, 3.05) is 10.6 Å². The molecule has 3 aromatic rings. The molecule has 0 bridgehead atoms.